The van der Waals surface area contributed by atoms with Gasteiger partial charge in [-0.2, -0.15) is 0 Å². The molecule has 1 aliphatic heterocycles. The molecule has 2 heterocycles. The number of rotatable bonds is 7. The van der Waals surface area contributed by atoms with Crippen molar-refractivity contribution in [1.29, 1.82) is 0 Å². The Bertz CT molecular complexity index is 1620. The van der Waals surface area contributed by atoms with Crippen LogP contribution in [0.15, 0.2) is 60.7 Å². The highest BCUT2D eigenvalue weighted by Crippen LogP contribution is 2.49. The van der Waals surface area contributed by atoms with E-state index >= 15 is 0 Å². The molecule has 0 saturated carbocycles. The number of halogens is 2. The van der Waals surface area contributed by atoms with Crippen LogP contribution < -0.4 is 0 Å². The van der Waals surface area contributed by atoms with E-state index in [1.165, 1.54) is 6.07 Å². The van der Waals surface area contributed by atoms with Crippen molar-refractivity contribution in [3.63, 3.8) is 0 Å². The average Bonchev–Trinajstić information content (AvgIpc) is 3.54. The third-order valence-corrected chi connectivity index (χ3v) is 8.52. The zero-order valence-corrected chi connectivity index (χ0v) is 22.8. The summed E-state index contributed by atoms with van der Waals surface area (Å²) in [4.78, 5) is 36.8. The molecule has 40 heavy (non-hydrogen) atoms. The van der Waals surface area contributed by atoms with Gasteiger partial charge in [0.25, 0.3) is 5.91 Å². The summed E-state index contributed by atoms with van der Waals surface area (Å²) in [6, 6.07) is 17.8. The van der Waals surface area contributed by atoms with E-state index < -0.39 is 11.5 Å². The summed E-state index contributed by atoms with van der Waals surface area (Å²) in [5.41, 5.74) is 5.88. The van der Waals surface area contributed by atoms with E-state index in [1.54, 1.807) is 18.2 Å². The molecule has 2 aliphatic rings. The largest absolute Gasteiger partial charge is 0.481 e. The minimum atomic E-state index is -0.819. The van der Waals surface area contributed by atoms with Gasteiger partial charge in [0.05, 0.1) is 28.0 Å². The first-order valence-electron chi connectivity index (χ1n) is 13.7. The number of carboxylic acid groups (broad SMARTS) is 1. The van der Waals surface area contributed by atoms with Crippen LogP contribution in [0.1, 0.15) is 65.7 Å². The molecule has 1 fully saturated rings. The summed E-state index contributed by atoms with van der Waals surface area (Å²) in [5.74, 6) is -1.11. The summed E-state index contributed by atoms with van der Waals surface area (Å²) in [5, 5.41) is 9.66. The summed E-state index contributed by atoms with van der Waals surface area (Å²) in [6.45, 7) is 0.656. The van der Waals surface area contributed by atoms with Crippen molar-refractivity contribution in [2.24, 2.45) is 0 Å². The number of aromatic nitrogens is 2. The average molecular weight is 558 g/mol. The molecule has 8 heteroatoms. The number of likely N-dealkylation sites (tertiary alicyclic amines) is 1. The number of unbranched alkanes of at least 4 members (excludes halogenated alkanes) is 1. The second-order valence-corrected chi connectivity index (χ2v) is 11.2. The first-order chi connectivity index (χ1) is 19.3. The second kappa shape index (κ2) is 10.6. The number of aliphatic carboxylic acids is 1. The van der Waals surface area contributed by atoms with E-state index in [-0.39, 0.29) is 18.1 Å². The summed E-state index contributed by atoms with van der Waals surface area (Å²) in [6.07, 6.45) is 5.20. The zero-order valence-electron chi connectivity index (χ0n) is 22.0. The van der Waals surface area contributed by atoms with Crippen molar-refractivity contribution in [3.8, 4) is 11.3 Å². The van der Waals surface area contributed by atoms with Crippen LogP contribution in [0.5, 0.6) is 0 Å². The van der Waals surface area contributed by atoms with Crippen molar-refractivity contribution in [1.82, 2.24) is 14.9 Å². The second-order valence-electron chi connectivity index (χ2n) is 10.7. The lowest BCUT2D eigenvalue weighted by Crippen LogP contribution is -2.43. The van der Waals surface area contributed by atoms with Gasteiger partial charge in [0, 0.05) is 29.1 Å². The molecule has 6 nitrogen and oxygen atoms in total. The highest BCUT2D eigenvalue weighted by molar-refractivity contribution is 6.30. The van der Waals surface area contributed by atoms with E-state index in [1.807, 2.05) is 41.3 Å². The highest BCUT2D eigenvalue weighted by Gasteiger charge is 2.48. The molecule has 1 saturated heterocycles. The van der Waals surface area contributed by atoms with Crippen molar-refractivity contribution in [3.05, 3.63) is 93.9 Å². The molecular formula is C32H29ClFN3O3. The predicted molar refractivity (Wildman–Crippen MR) is 152 cm³/mol. The molecular weight excluding hydrogens is 529 g/mol. The molecule has 1 N–H and O–H groups in total. The number of carbonyl (C=O) groups is 2. The maximum absolute atomic E-state index is 13.9. The minimum absolute atomic E-state index is 0.0526. The number of carboxylic acids is 1. The minimum Gasteiger partial charge on any atom is -0.481 e. The third kappa shape index (κ3) is 4.83. The molecule has 1 atom stereocenters. The molecule has 0 radical (unpaired) electrons. The fraction of sp³-hybridized carbons (Fsp3) is 0.312. The fourth-order valence-corrected chi connectivity index (χ4v) is 6.50. The Kier molecular flexibility index (Phi) is 7.00. The van der Waals surface area contributed by atoms with Crippen LogP contribution in [0.4, 0.5) is 4.39 Å². The fourth-order valence-electron chi connectivity index (χ4n) is 6.38. The van der Waals surface area contributed by atoms with Crippen LogP contribution in [-0.4, -0.2) is 38.4 Å². The standard InChI is InChI=1S/C32H29ClFN3O3/c33-23-9-6-20(7-10-23)30-27(4-1-2-5-29(38)39)35-28-19-22(8-13-26(28)36-30)31(40)37-17-3-15-32(37)16-14-21-18-24(34)11-12-25(21)32/h6-13,18-19H,1-5,14-17H2,(H,38,39). The Morgan fingerprint density at radius 1 is 0.975 bits per heavy atom. The van der Waals surface area contributed by atoms with Gasteiger partial charge < -0.3 is 10.0 Å². The van der Waals surface area contributed by atoms with Gasteiger partial charge in [0.15, 0.2) is 0 Å². The van der Waals surface area contributed by atoms with Crippen LogP contribution in [0, 0.1) is 5.82 Å². The lowest BCUT2D eigenvalue weighted by molar-refractivity contribution is -0.137. The lowest BCUT2D eigenvalue weighted by Gasteiger charge is -2.36. The lowest BCUT2D eigenvalue weighted by atomic mass is 9.88. The van der Waals surface area contributed by atoms with Gasteiger partial charge in [-0.25, -0.2) is 14.4 Å². The van der Waals surface area contributed by atoms with E-state index in [0.29, 0.717) is 47.4 Å². The molecule has 3 aromatic carbocycles. The van der Waals surface area contributed by atoms with Crippen molar-refractivity contribution in [2.45, 2.75) is 56.9 Å². The smallest absolute Gasteiger partial charge is 0.303 e. The summed E-state index contributed by atoms with van der Waals surface area (Å²) >= 11 is 6.10. The highest BCUT2D eigenvalue weighted by atomic mass is 35.5. The van der Waals surface area contributed by atoms with Crippen LogP contribution in [0.2, 0.25) is 5.02 Å². The zero-order chi connectivity index (χ0) is 27.9. The van der Waals surface area contributed by atoms with Gasteiger partial charge in [-0.05, 0) is 98.5 Å². The molecule has 1 amide bonds. The molecule has 4 aromatic rings. The Hall–Kier alpha value is -3.84. The molecule has 6 rings (SSSR count). The first kappa shape index (κ1) is 26.4. The number of benzene rings is 3. The number of aryl methyl sites for hydroxylation is 2. The van der Waals surface area contributed by atoms with Gasteiger partial charge in [0.1, 0.15) is 5.82 Å². The van der Waals surface area contributed by atoms with E-state index in [4.69, 9.17) is 26.7 Å². The van der Waals surface area contributed by atoms with Crippen molar-refractivity contribution >= 4 is 34.5 Å². The number of hydrogen-bond acceptors (Lipinski definition) is 4. The number of nitrogens with zero attached hydrogens (tertiary/aromatic N) is 3. The van der Waals surface area contributed by atoms with Gasteiger partial charge >= 0.3 is 5.97 Å². The Balaban J connectivity index is 1.34. The first-order valence-corrected chi connectivity index (χ1v) is 14.1. The SMILES string of the molecule is O=C(O)CCCCc1nc2cc(C(=O)N3CCCC34CCc3cc(F)ccc34)ccc2nc1-c1ccc(Cl)cc1. The monoisotopic (exact) mass is 557 g/mol. The van der Waals surface area contributed by atoms with E-state index in [2.05, 4.69) is 0 Å². The molecule has 204 valence electrons. The van der Waals surface area contributed by atoms with Crippen LogP contribution in [0.3, 0.4) is 0 Å². The third-order valence-electron chi connectivity index (χ3n) is 8.27. The van der Waals surface area contributed by atoms with Gasteiger partial charge in [-0.15, -0.1) is 0 Å². The number of fused-ring (bicyclic) bond motifs is 3. The van der Waals surface area contributed by atoms with Crippen LogP contribution >= 0.6 is 11.6 Å². The Labute approximate surface area is 236 Å². The van der Waals surface area contributed by atoms with Gasteiger partial charge in [0.2, 0.25) is 0 Å². The Morgan fingerprint density at radius 3 is 2.60 bits per heavy atom. The molecule has 0 bridgehead atoms. The predicted octanol–water partition coefficient (Wildman–Crippen LogP) is 6.96. The van der Waals surface area contributed by atoms with Crippen LogP contribution in [-0.2, 0) is 23.2 Å². The quantitative estimate of drug-likeness (QED) is 0.248. The van der Waals surface area contributed by atoms with E-state index in [0.717, 1.165) is 53.8 Å². The molecule has 1 aromatic heterocycles. The number of hydrogen-bond donors (Lipinski definition) is 1. The summed E-state index contributed by atoms with van der Waals surface area (Å²) < 4.78 is 13.9. The van der Waals surface area contributed by atoms with Crippen molar-refractivity contribution in [2.75, 3.05) is 6.54 Å². The van der Waals surface area contributed by atoms with E-state index in [9.17, 15) is 14.0 Å². The Morgan fingerprint density at radius 2 is 1.80 bits per heavy atom. The molecule has 1 aliphatic carbocycles. The molecule has 1 spiro atoms. The number of carbonyl (C=O) groups excluding carboxylic acids is 1. The van der Waals surface area contributed by atoms with Crippen molar-refractivity contribution < 1.29 is 19.1 Å². The topological polar surface area (TPSA) is 83.4 Å². The van der Waals surface area contributed by atoms with Gasteiger partial charge in [-0.1, -0.05) is 29.8 Å². The van der Waals surface area contributed by atoms with Crippen LogP contribution in [0.25, 0.3) is 22.3 Å². The maximum Gasteiger partial charge on any atom is 0.303 e. The number of amides is 1. The molecule has 1 unspecified atom stereocenters. The van der Waals surface area contributed by atoms with Gasteiger partial charge in [-0.3, -0.25) is 9.59 Å². The summed E-state index contributed by atoms with van der Waals surface area (Å²) in [7, 11) is 0. The normalized spacial score (nSPS) is 18.0. The maximum atomic E-state index is 13.9.